The van der Waals surface area contributed by atoms with Crippen LogP contribution in [0.1, 0.15) is 73.9 Å². The third-order valence-corrected chi connectivity index (χ3v) is 7.31. The summed E-state index contributed by atoms with van der Waals surface area (Å²) >= 11 is 5.81. The Morgan fingerprint density at radius 1 is 1.05 bits per heavy atom. The van der Waals surface area contributed by atoms with Crippen molar-refractivity contribution in [3.05, 3.63) is 94.0 Å². The minimum absolute atomic E-state index is 0.0110. The highest BCUT2D eigenvalue weighted by molar-refractivity contribution is 6.28. The Labute approximate surface area is 237 Å². The predicted octanol–water partition coefficient (Wildman–Crippen LogP) is 5.99. The van der Waals surface area contributed by atoms with Gasteiger partial charge in [-0.15, -0.1) is 0 Å². The number of likely N-dealkylation sites (tertiary alicyclic amines) is 1. The molecule has 3 heterocycles. The summed E-state index contributed by atoms with van der Waals surface area (Å²) < 4.78 is 19.2. The molecule has 0 unspecified atom stereocenters. The van der Waals surface area contributed by atoms with E-state index in [9.17, 15) is 14.0 Å². The summed E-state index contributed by atoms with van der Waals surface area (Å²) in [5.41, 5.74) is 4.46. The largest absolute Gasteiger partial charge is 0.444 e. The monoisotopic (exact) mass is 563 g/mol. The quantitative estimate of drug-likeness (QED) is 0.383. The van der Waals surface area contributed by atoms with Gasteiger partial charge in [-0.25, -0.2) is 19.2 Å². The van der Waals surface area contributed by atoms with E-state index in [1.54, 1.807) is 11.0 Å². The summed E-state index contributed by atoms with van der Waals surface area (Å²) in [5.74, 6) is -0.741. The number of benzene rings is 1. The minimum atomic E-state index is -0.526. The van der Waals surface area contributed by atoms with Gasteiger partial charge < -0.3 is 15.0 Å². The molecule has 2 amide bonds. The van der Waals surface area contributed by atoms with Gasteiger partial charge >= 0.3 is 6.09 Å². The fraction of sp³-hybridized carbons (Fsp3) is 0.367. The molecule has 1 spiro atoms. The smallest absolute Gasteiger partial charge is 0.410 e. The van der Waals surface area contributed by atoms with Crippen molar-refractivity contribution in [3.63, 3.8) is 0 Å². The lowest BCUT2D eigenvalue weighted by Gasteiger charge is -2.57. The van der Waals surface area contributed by atoms with Gasteiger partial charge in [0.15, 0.2) is 0 Å². The average Bonchev–Trinajstić information content (AvgIpc) is 2.84. The second-order valence-corrected chi connectivity index (χ2v) is 11.9. The van der Waals surface area contributed by atoms with E-state index in [1.807, 2.05) is 52.0 Å². The Kier molecular flexibility index (Phi) is 7.35. The van der Waals surface area contributed by atoms with Crippen LogP contribution in [0.15, 0.2) is 60.4 Å². The number of carbonyl (C=O) groups is 2. The maximum absolute atomic E-state index is 13.7. The summed E-state index contributed by atoms with van der Waals surface area (Å²) in [4.78, 5) is 38.9. The zero-order valence-corrected chi connectivity index (χ0v) is 23.6. The van der Waals surface area contributed by atoms with E-state index < -0.39 is 11.4 Å². The van der Waals surface area contributed by atoms with Crippen molar-refractivity contribution in [2.24, 2.45) is 5.41 Å². The molecule has 8 nitrogen and oxygen atoms in total. The van der Waals surface area contributed by atoms with Crippen LogP contribution in [0.4, 0.5) is 9.18 Å². The Bertz CT molecular complexity index is 1450. The zero-order chi connectivity index (χ0) is 28.7. The van der Waals surface area contributed by atoms with Gasteiger partial charge in [-0.2, -0.15) is 0 Å². The molecule has 2 aromatic heterocycles. The molecular formula is C30H31ClFN5O3. The van der Waals surface area contributed by atoms with Crippen molar-refractivity contribution in [2.75, 3.05) is 13.1 Å². The third kappa shape index (κ3) is 5.99. The predicted molar refractivity (Wildman–Crippen MR) is 149 cm³/mol. The van der Waals surface area contributed by atoms with Crippen molar-refractivity contribution >= 4 is 29.2 Å². The number of nitrogens with zero attached hydrogens (tertiary/aromatic N) is 4. The van der Waals surface area contributed by atoms with Gasteiger partial charge in [-0.1, -0.05) is 29.8 Å². The lowest BCUT2D eigenvalue weighted by Crippen LogP contribution is -2.62. The molecule has 1 aromatic carbocycles. The van der Waals surface area contributed by atoms with E-state index in [1.165, 1.54) is 30.1 Å². The highest BCUT2D eigenvalue weighted by atomic mass is 35.5. The first kappa shape index (κ1) is 27.7. The molecule has 3 aromatic rings. The Hall–Kier alpha value is -3.85. The van der Waals surface area contributed by atoms with Crippen LogP contribution in [-0.4, -0.2) is 50.5 Å². The Morgan fingerprint density at radius 3 is 2.35 bits per heavy atom. The van der Waals surface area contributed by atoms with Crippen LogP contribution in [0.3, 0.4) is 0 Å². The van der Waals surface area contributed by atoms with E-state index in [2.05, 4.69) is 20.3 Å². The van der Waals surface area contributed by atoms with Crippen molar-refractivity contribution in [3.8, 4) is 0 Å². The van der Waals surface area contributed by atoms with E-state index >= 15 is 0 Å². The topological polar surface area (TPSA) is 97.3 Å². The van der Waals surface area contributed by atoms with Crippen LogP contribution >= 0.6 is 11.6 Å². The van der Waals surface area contributed by atoms with Crippen LogP contribution in [0.5, 0.6) is 0 Å². The van der Waals surface area contributed by atoms with Gasteiger partial charge in [-0.05, 0) is 81.5 Å². The SMILES string of the molecule is C[C@@H](NC(=O)c1ccnc(Cl)n1)c1ccc(C(=C2CC3(C2)CN(C(=O)OC(C)(C)C)C3)c2ccc(F)cn2)cc1. The fourth-order valence-corrected chi connectivity index (χ4v) is 5.43. The van der Waals surface area contributed by atoms with E-state index in [0.717, 1.165) is 29.5 Å². The maximum atomic E-state index is 13.7. The Morgan fingerprint density at radius 2 is 1.75 bits per heavy atom. The highest BCUT2D eigenvalue weighted by Gasteiger charge is 2.53. The van der Waals surface area contributed by atoms with Crippen LogP contribution in [-0.2, 0) is 4.74 Å². The molecule has 10 heteroatoms. The second-order valence-electron chi connectivity index (χ2n) is 11.6. The number of rotatable bonds is 5. The molecule has 2 fully saturated rings. The molecule has 0 bridgehead atoms. The van der Waals surface area contributed by atoms with Crippen LogP contribution in [0.25, 0.3) is 5.57 Å². The summed E-state index contributed by atoms with van der Waals surface area (Å²) in [6, 6.07) is 12.2. The number of nitrogens with one attached hydrogen (secondary N) is 1. The maximum Gasteiger partial charge on any atom is 0.410 e. The third-order valence-electron chi connectivity index (χ3n) is 7.12. The standard InChI is InChI=1S/C30H31ClFN5O3/c1-18(35-26(38)24-11-12-33-27(31)36-24)19-5-7-20(8-6-19)25(23-10-9-22(32)15-34-23)21-13-30(14-21)16-37(17-30)28(39)40-29(2,3)4/h5-12,15,18H,13-14,16-17H2,1-4H3,(H,35,38)/t18-/m1/s1. The summed E-state index contributed by atoms with van der Waals surface area (Å²) in [6.07, 6.45) is 4.04. The number of pyridine rings is 1. The number of hydrogen-bond donors (Lipinski definition) is 1. The molecule has 1 aliphatic carbocycles. The lowest BCUT2D eigenvalue weighted by molar-refractivity contribution is -0.0500. The van der Waals surface area contributed by atoms with Crippen LogP contribution < -0.4 is 5.32 Å². The van der Waals surface area contributed by atoms with E-state index in [-0.39, 0.29) is 34.4 Å². The summed E-state index contributed by atoms with van der Waals surface area (Å²) in [6.45, 7) is 8.79. The molecular weight excluding hydrogens is 533 g/mol. The van der Waals surface area contributed by atoms with Crippen molar-refractivity contribution in [1.82, 2.24) is 25.2 Å². The second kappa shape index (κ2) is 10.6. The fourth-order valence-electron chi connectivity index (χ4n) is 5.28. The van der Waals surface area contributed by atoms with Gasteiger partial charge in [0.1, 0.15) is 17.1 Å². The summed E-state index contributed by atoms with van der Waals surface area (Å²) in [7, 11) is 0. The number of carbonyl (C=O) groups excluding carboxylic acids is 2. The Balaban J connectivity index is 1.32. The van der Waals surface area contributed by atoms with Crippen LogP contribution in [0.2, 0.25) is 5.28 Å². The normalized spacial score (nSPS) is 16.6. The first-order valence-corrected chi connectivity index (χ1v) is 13.5. The molecule has 5 rings (SSSR count). The average molecular weight is 564 g/mol. The number of ether oxygens (including phenoxy) is 1. The number of allylic oxidation sites excluding steroid dienone is 1. The molecule has 208 valence electrons. The zero-order valence-electron chi connectivity index (χ0n) is 22.9. The number of halogens is 2. The van der Waals surface area contributed by atoms with Gasteiger partial charge in [0.05, 0.1) is 17.9 Å². The minimum Gasteiger partial charge on any atom is -0.444 e. The van der Waals surface area contributed by atoms with Crippen molar-refractivity contribution in [1.29, 1.82) is 0 Å². The van der Waals surface area contributed by atoms with Gasteiger partial charge in [0.25, 0.3) is 5.91 Å². The molecule has 1 aliphatic heterocycles. The van der Waals surface area contributed by atoms with Crippen molar-refractivity contribution < 1.29 is 18.7 Å². The number of aromatic nitrogens is 3. The van der Waals surface area contributed by atoms with Gasteiger partial charge in [-0.3, -0.25) is 9.78 Å². The molecule has 0 radical (unpaired) electrons. The molecule has 1 atom stereocenters. The lowest BCUT2D eigenvalue weighted by atomic mass is 9.59. The van der Waals surface area contributed by atoms with Gasteiger partial charge in [0.2, 0.25) is 5.28 Å². The van der Waals surface area contributed by atoms with Gasteiger partial charge in [0, 0.05) is 30.3 Å². The molecule has 1 N–H and O–H groups in total. The molecule has 1 saturated heterocycles. The number of hydrogen-bond acceptors (Lipinski definition) is 6. The van der Waals surface area contributed by atoms with Crippen molar-refractivity contribution in [2.45, 2.75) is 52.2 Å². The number of amides is 2. The molecule has 2 aliphatic rings. The van der Waals surface area contributed by atoms with Crippen LogP contribution in [0, 0.1) is 11.2 Å². The summed E-state index contributed by atoms with van der Waals surface area (Å²) in [5, 5.41) is 2.94. The first-order valence-electron chi connectivity index (χ1n) is 13.1. The van der Waals surface area contributed by atoms with E-state index in [0.29, 0.717) is 18.8 Å². The highest BCUT2D eigenvalue weighted by Crippen LogP contribution is 2.54. The van der Waals surface area contributed by atoms with E-state index in [4.69, 9.17) is 16.3 Å². The molecule has 40 heavy (non-hydrogen) atoms. The first-order chi connectivity index (χ1) is 18.9. The molecule has 1 saturated carbocycles.